The van der Waals surface area contributed by atoms with E-state index in [1.165, 1.54) is 0 Å². The first-order chi connectivity index (χ1) is 6.93. The van der Waals surface area contributed by atoms with Crippen LogP contribution in [-0.4, -0.2) is 52.9 Å². The molecule has 3 N–H and O–H groups in total. The van der Waals surface area contributed by atoms with Gasteiger partial charge in [0, 0.05) is 18.5 Å². The second-order valence-corrected chi connectivity index (χ2v) is 4.26. The molecular formula is C9H18N2O4. The van der Waals surface area contributed by atoms with Crippen molar-refractivity contribution in [2.24, 2.45) is 0 Å². The van der Waals surface area contributed by atoms with Crippen molar-refractivity contribution in [1.29, 1.82) is 0 Å². The molecule has 88 valence electrons. The van der Waals surface area contributed by atoms with E-state index in [0.717, 1.165) is 0 Å². The van der Waals surface area contributed by atoms with Gasteiger partial charge in [0.25, 0.3) is 0 Å². The third-order valence-electron chi connectivity index (χ3n) is 2.50. The van der Waals surface area contributed by atoms with Gasteiger partial charge in [-0.05, 0) is 13.8 Å². The number of hydrogen-bond acceptors (Lipinski definition) is 4. The van der Waals surface area contributed by atoms with Crippen LogP contribution in [-0.2, 0) is 4.74 Å². The van der Waals surface area contributed by atoms with Crippen molar-refractivity contribution in [3.8, 4) is 0 Å². The highest BCUT2D eigenvalue weighted by molar-refractivity contribution is 5.64. The molecule has 0 aromatic carbocycles. The van der Waals surface area contributed by atoms with Crippen molar-refractivity contribution in [3.05, 3.63) is 0 Å². The van der Waals surface area contributed by atoms with Gasteiger partial charge in [0.15, 0.2) is 0 Å². The van der Waals surface area contributed by atoms with Crippen LogP contribution in [0.2, 0.25) is 0 Å². The topological polar surface area (TPSA) is 82.0 Å². The zero-order chi connectivity index (χ0) is 11.5. The summed E-state index contributed by atoms with van der Waals surface area (Å²) in [6, 6.07) is 0. The van der Waals surface area contributed by atoms with E-state index in [2.05, 4.69) is 5.32 Å². The minimum absolute atomic E-state index is 0.192. The number of aliphatic hydroxyl groups is 1. The molecule has 0 aromatic rings. The maximum Gasteiger partial charge on any atom is 0.404 e. The summed E-state index contributed by atoms with van der Waals surface area (Å²) in [5, 5.41) is 20.4. The van der Waals surface area contributed by atoms with E-state index in [-0.39, 0.29) is 12.1 Å². The second kappa shape index (κ2) is 4.78. The molecule has 1 amide bonds. The molecule has 1 aliphatic heterocycles. The van der Waals surface area contributed by atoms with Crippen LogP contribution >= 0.6 is 0 Å². The van der Waals surface area contributed by atoms with E-state index in [0.29, 0.717) is 19.8 Å². The van der Waals surface area contributed by atoms with Crippen molar-refractivity contribution in [2.75, 3.05) is 19.9 Å². The first-order valence-electron chi connectivity index (χ1n) is 4.93. The summed E-state index contributed by atoms with van der Waals surface area (Å²) in [5.74, 6) is 0. The number of aliphatic hydroxyl groups excluding tert-OH is 1. The molecule has 6 heteroatoms. The minimum Gasteiger partial charge on any atom is -0.465 e. The fourth-order valence-corrected chi connectivity index (χ4v) is 1.60. The molecule has 0 radical (unpaired) electrons. The summed E-state index contributed by atoms with van der Waals surface area (Å²) < 4.78 is 5.25. The molecular weight excluding hydrogens is 200 g/mol. The van der Waals surface area contributed by atoms with Crippen molar-refractivity contribution < 1.29 is 19.7 Å². The van der Waals surface area contributed by atoms with Crippen LogP contribution in [0, 0.1) is 0 Å². The van der Waals surface area contributed by atoms with Crippen molar-refractivity contribution in [2.45, 2.75) is 32.0 Å². The van der Waals surface area contributed by atoms with Crippen LogP contribution in [0.1, 0.15) is 20.3 Å². The zero-order valence-electron chi connectivity index (χ0n) is 9.06. The summed E-state index contributed by atoms with van der Waals surface area (Å²) in [6.07, 6.45) is -1.38. The Morgan fingerprint density at radius 2 is 2.33 bits per heavy atom. The Labute approximate surface area is 88.8 Å². The summed E-state index contributed by atoms with van der Waals surface area (Å²) in [6.45, 7) is 5.17. The molecule has 1 aliphatic rings. The number of carboxylic acid groups (broad SMARTS) is 1. The van der Waals surface area contributed by atoms with Crippen LogP contribution < -0.4 is 5.32 Å². The smallest absolute Gasteiger partial charge is 0.404 e. The van der Waals surface area contributed by atoms with Crippen molar-refractivity contribution in [3.63, 3.8) is 0 Å². The highest BCUT2D eigenvalue weighted by Gasteiger charge is 2.36. The van der Waals surface area contributed by atoms with Crippen LogP contribution in [0.25, 0.3) is 0 Å². The first kappa shape index (κ1) is 12.2. The van der Waals surface area contributed by atoms with E-state index < -0.39 is 12.3 Å². The number of nitrogens with zero attached hydrogens (tertiary/aromatic N) is 1. The molecule has 0 aromatic heterocycles. The Hall–Kier alpha value is -0.850. The van der Waals surface area contributed by atoms with Gasteiger partial charge in [-0.15, -0.1) is 0 Å². The van der Waals surface area contributed by atoms with Crippen LogP contribution in [0.15, 0.2) is 0 Å². The van der Waals surface area contributed by atoms with Gasteiger partial charge in [-0.1, -0.05) is 0 Å². The van der Waals surface area contributed by atoms with E-state index in [9.17, 15) is 9.90 Å². The van der Waals surface area contributed by atoms with E-state index >= 15 is 0 Å². The third-order valence-corrected chi connectivity index (χ3v) is 2.50. The predicted molar refractivity (Wildman–Crippen MR) is 53.4 cm³/mol. The largest absolute Gasteiger partial charge is 0.465 e. The lowest BCUT2D eigenvalue weighted by atomic mass is 10.1. The van der Waals surface area contributed by atoms with E-state index in [1.807, 2.05) is 18.7 Å². The Morgan fingerprint density at radius 3 is 2.80 bits per heavy atom. The van der Waals surface area contributed by atoms with Gasteiger partial charge in [-0.3, -0.25) is 0 Å². The molecule has 1 atom stereocenters. The lowest BCUT2D eigenvalue weighted by Crippen LogP contribution is -2.47. The van der Waals surface area contributed by atoms with E-state index in [1.54, 1.807) is 0 Å². The van der Waals surface area contributed by atoms with Gasteiger partial charge >= 0.3 is 6.09 Å². The number of ether oxygens (including phenoxy) is 1. The first-order valence-corrected chi connectivity index (χ1v) is 4.93. The maximum atomic E-state index is 10.2. The SMILES string of the molecule is CC1(C)COCN1C(O)CCNC(=O)O. The molecule has 1 fully saturated rings. The van der Waals surface area contributed by atoms with Gasteiger partial charge in [0.1, 0.15) is 13.0 Å². The molecule has 0 bridgehead atoms. The highest BCUT2D eigenvalue weighted by Crippen LogP contribution is 2.23. The average molecular weight is 218 g/mol. The number of carbonyl (C=O) groups is 1. The molecule has 1 heterocycles. The molecule has 1 rings (SSSR count). The Kier molecular flexibility index (Phi) is 3.90. The van der Waals surface area contributed by atoms with Gasteiger partial charge in [0.05, 0.1) is 6.61 Å². The summed E-state index contributed by atoms with van der Waals surface area (Å²) in [7, 11) is 0. The molecule has 0 saturated carbocycles. The molecule has 15 heavy (non-hydrogen) atoms. The molecule has 0 aliphatic carbocycles. The Morgan fingerprint density at radius 1 is 1.67 bits per heavy atom. The third kappa shape index (κ3) is 3.33. The Bertz CT molecular complexity index is 232. The monoisotopic (exact) mass is 218 g/mol. The van der Waals surface area contributed by atoms with Crippen molar-refractivity contribution in [1.82, 2.24) is 10.2 Å². The predicted octanol–water partition coefficient (Wildman–Crippen LogP) is 0.0308. The molecule has 6 nitrogen and oxygen atoms in total. The van der Waals surface area contributed by atoms with E-state index in [4.69, 9.17) is 9.84 Å². The van der Waals surface area contributed by atoms with Crippen molar-refractivity contribution >= 4 is 6.09 Å². The lowest BCUT2D eigenvalue weighted by molar-refractivity contribution is -0.0468. The lowest BCUT2D eigenvalue weighted by Gasteiger charge is -2.33. The highest BCUT2D eigenvalue weighted by atomic mass is 16.5. The molecule has 1 saturated heterocycles. The second-order valence-electron chi connectivity index (χ2n) is 4.26. The maximum absolute atomic E-state index is 10.2. The van der Waals surface area contributed by atoms with Crippen LogP contribution in [0.4, 0.5) is 4.79 Å². The van der Waals surface area contributed by atoms with Crippen LogP contribution in [0.3, 0.4) is 0 Å². The normalized spacial score (nSPS) is 22.6. The zero-order valence-corrected chi connectivity index (χ0v) is 9.06. The van der Waals surface area contributed by atoms with Crippen LogP contribution in [0.5, 0.6) is 0 Å². The van der Waals surface area contributed by atoms with Gasteiger partial charge in [-0.25, -0.2) is 9.69 Å². The Balaban J connectivity index is 2.33. The number of nitrogens with one attached hydrogen (secondary N) is 1. The quantitative estimate of drug-likeness (QED) is 0.620. The number of hydrogen-bond donors (Lipinski definition) is 3. The van der Waals surface area contributed by atoms with Gasteiger partial charge in [0.2, 0.25) is 0 Å². The standard InChI is InChI=1S/C9H18N2O4/c1-9(2)5-15-6-11(9)7(12)3-4-10-8(13)14/h7,10,12H,3-6H2,1-2H3,(H,13,14). The average Bonchev–Trinajstić information content (AvgIpc) is 2.44. The van der Waals surface area contributed by atoms with Gasteiger partial charge < -0.3 is 20.3 Å². The summed E-state index contributed by atoms with van der Waals surface area (Å²) >= 11 is 0. The minimum atomic E-state index is -1.07. The molecule has 0 spiro atoms. The summed E-state index contributed by atoms with van der Waals surface area (Å²) in [5.41, 5.74) is -0.192. The summed E-state index contributed by atoms with van der Waals surface area (Å²) in [4.78, 5) is 12.0. The van der Waals surface area contributed by atoms with Gasteiger partial charge in [-0.2, -0.15) is 0 Å². The molecule has 1 unspecified atom stereocenters. The fourth-order valence-electron chi connectivity index (χ4n) is 1.60. The number of amides is 1. The fraction of sp³-hybridized carbons (Fsp3) is 0.889. The number of rotatable bonds is 4.